The van der Waals surface area contributed by atoms with Crippen LogP contribution in [-0.4, -0.2) is 4.92 Å². The van der Waals surface area contributed by atoms with Crippen LogP contribution in [-0.2, 0) is 5.88 Å². The van der Waals surface area contributed by atoms with Gasteiger partial charge in [-0.1, -0.05) is 0 Å². The Hall–Kier alpha value is -1.34. The van der Waals surface area contributed by atoms with Crippen LogP contribution in [0.4, 0.5) is 5.69 Å². The zero-order valence-corrected chi connectivity index (χ0v) is 12.6. The second-order valence-corrected chi connectivity index (χ2v) is 5.25. The molecule has 2 aromatic carbocycles. The maximum absolute atomic E-state index is 10.7. The third-order valence-electron chi connectivity index (χ3n) is 2.44. The Bertz CT molecular complexity index is 601. The molecule has 0 saturated heterocycles. The number of hydrogen-bond donors (Lipinski definition) is 0. The molecule has 0 aliphatic carbocycles. The zero-order valence-electron chi connectivity index (χ0n) is 9.68. The number of non-ortho nitro benzene ring substituents is 1. The van der Waals surface area contributed by atoms with E-state index in [1.165, 1.54) is 12.1 Å². The molecule has 0 amide bonds. The van der Waals surface area contributed by atoms with E-state index in [0.29, 0.717) is 17.1 Å². The number of nitro groups is 1. The van der Waals surface area contributed by atoms with E-state index in [4.69, 9.17) is 16.3 Å². The van der Waals surface area contributed by atoms with Gasteiger partial charge in [-0.05, 0) is 52.9 Å². The number of nitro benzene ring substituents is 1. The highest BCUT2D eigenvalue weighted by molar-refractivity contribution is 14.1. The molecule has 0 N–H and O–H groups in total. The van der Waals surface area contributed by atoms with Crippen LogP contribution in [0.25, 0.3) is 0 Å². The standard InChI is InChI=1S/C13H9ClINO3/c14-8-9-7-11(16(17)18)3-6-13(9)19-12-4-1-10(15)2-5-12/h1-7H,8H2. The van der Waals surface area contributed by atoms with Gasteiger partial charge in [-0.3, -0.25) is 10.1 Å². The third-order valence-corrected chi connectivity index (χ3v) is 3.45. The molecule has 98 valence electrons. The van der Waals surface area contributed by atoms with Crippen molar-refractivity contribution in [1.29, 1.82) is 0 Å². The van der Waals surface area contributed by atoms with Crippen molar-refractivity contribution < 1.29 is 9.66 Å². The monoisotopic (exact) mass is 389 g/mol. The summed E-state index contributed by atoms with van der Waals surface area (Å²) in [5.41, 5.74) is 0.597. The van der Waals surface area contributed by atoms with Gasteiger partial charge in [-0.15, -0.1) is 11.6 Å². The van der Waals surface area contributed by atoms with E-state index >= 15 is 0 Å². The SMILES string of the molecule is O=[N+]([O-])c1ccc(Oc2ccc(I)cc2)c(CCl)c1. The molecule has 0 spiro atoms. The van der Waals surface area contributed by atoms with Crippen LogP contribution >= 0.6 is 34.2 Å². The molecular weight excluding hydrogens is 381 g/mol. The van der Waals surface area contributed by atoms with E-state index < -0.39 is 4.92 Å². The minimum absolute atomic E-state index is 0.00519. The third kappa shape index (κ3) is 3.57. The first-order valence-electron chi connectivity index (χ1n) is 5.37. The van der Waals surface area contributed by atoms with Gasteiger partial charge in [0, 0.05) is 21.3 Å². The average Bonchev–Trinajstić information content (AvgIpc) is 2.41. The summed E-state index contributed by atoms with van der Waals surface area (Å²) in [5, 5.41) is 10.7. The number of halogens is 2. The predicted octanol–water partition coefficient (Wildman–Crippen LogP) is 4.73. The van der Waals surface area contributed by atoms with Crippen LogP contribution in [0.2, 0.25) is 0 Å². The fourth-order valence-electron chi connectivity index (χ4n) is 1.51. The Kier molecular flexibility index (Phi) is 4.60. The molecule has 19 heavy (non-hydrogen) atoms. The van der Waals surface area contributed by atoms with Gasteiger partial charge >= 0.3 is 0 Å². The molecule has 4 nitrogen and oxygen atoms in total. The van der Waals surface area contributed by atoms with E-state index in [1.54, 1.807) is 6.07 Å². The lowest BCUT2D eigenvalue weighted by Gasteiger charge is -2.09. The fourth-order valence-corrected chi connectivity index (χ4v) is 2.08. The van der Waals surface area contributed by atoms with Crippen LogP contribution < -0.4 is 4.74 Å². The van der Waals surface area contributed by atoms with Crippen molar-refractivity contribution in [3.63, 3.8) is 0 Å². The minimum Gasteiger partial charge on any atom is -0.457 e. The van der Waals surface area contributed by atoms with E-state index in [1.807, 2.05) is 24.3 Å². The lowest BCUT2D eigenvalue weighted by atomic mass is 10.2. The summed E-state index contributed by atoms with van der Waals surface area (Å²) in [7, 11) is 0. The van der Waals surface area contributed by atoms with Gasteiger partial charge in [-0.25, -0.2) is 0 Å². The average molecular weight is 390 g/mol. The molecule has 0 radical (unpaired) electrons. The Labute approximate surface area is 128 Å². The molecular formula is C13H9ClINO3. The summed E-state index contributed by atoms with van der Waals surface area (Å²) >= 11 is 8.00. The first-order chi connectivity index (χ1) is 9.10. The highest BCUT2D eigenvalue weighted by atomic mass is 127. The number of nitrogens with zero attached hydrogens (tertiary/aromatic N) is 1. The van der Waals surface area contributed by atoms with Crippen LogP contribution in [0.1, 0.15) is 5.56 Å². The molecule has 0 bridgehead atoms. The molecule has 2 aromatic rings. The maximum Gasteiger partial charge on any atom is 0.270 e. The number of rotatable bonds is 4. The van der Waals surface area contributed by atoms with Crippen molar-refractivity contribution >= 4 is 39.9 Å². The number of alkyl halides is 1. The van der Waals surface area contributed by atoms with Crippen molar-refractivity contribution in [3.05, 3.63) is 61.7 Å². The normalized spacial score (nSPS) is 10.2. The zero-order chi connectivity index (χ0) is 13.8. The Morgan fingerprint density at radius 1 is 1.21 bits per heavy atom. The molecule has 0 unspecified atom stereocenters. The molecule has 0 aromatic heterocycles. The van der Waals surface area contributed by atoms with Crippen LogP contribution in [0.5, 0.6) is 11.5 Å². The molecule has 0 fully saturated rings. The molecule has 6 heteroatoms. The molecule has 0 heterocycles. The minimum atomic E-state index is -0.454. The predicted molar refractivity (Wildman–Crippen MR) is 81.9 cm³/mol. The van der Waals surface area contributed by atoms with Gasteiger partial charge in [0.05, 0.1) is 10.8 Å². The van der Waals surface area contributed by atoms with Crippen LogP contribution in [0.3, 0.4) is 0 Å². The highest BCUT2D eigenvalue weighted by Crippen LogP contribution is 2.30. The quantitative estimate of drug-likeness (QED) is 0.329. The Balaban J connectivity index is 2.29. The molecule has 2 rings (SSSR count). The van der Waals surface area contributed by atoms with E-state index in [2.05, 4.69) is 22.6 Å². The van der Waals surface area contributed by atoms with Gasteiger partial charge < -0.3 is 4.74 Å². The van der Waals surface area contributed by atoms with Crippen molar-refractivity contribution in [2.45, 2.75) is 5.88 Å². The van der Waals surface area contributed by atoms with Gasteiger partial charge in [0.2, 0.25) is 0 Å². The van der Waals surface area contributed by atoms with Crippen molar-refractivity contribution in [3.8, 4) is 11.5 Å². The maximum atomic E-state index is 10.7. The van der Waals surface area contributed by atoms with E-state index in [-0.39, 0.29) is 11.6 Å². The number of ether oxygens (including phenoxy) is 1. The summed E-state index contributed by atoms with van der Waals surface area (Å²) < 4.78 is 6.78. The highest BCUT2D eigenvalue weighted by Gasteiger charge is 2.11. The fraction of sp³-hybridized carbons (Fsp3) is 0.0769. The van der Waals surface area contributed by atoms with Crippen molar-refractivity contribution in [2.75, 3.05) is 0 Å². The van der Waals surface area contributed by atoms with Gasteiger partial charge in [-0.2, -0.15) is 0 Å². The largest absolute Gasteiger partial charge is 0.457 e. The van der Waals surface area contributed by atoms with Gasteiger partial charge in [0.25, 0.3) is 5.69 Å². The molecule has 0 aliphatic heterocycles. The summed E-state index contributed by atoms with van der Waals surface area (Å²) in [6.07, 6.45) is 0. The molecule has 0 atom stereocenters. The van der Waals surface area contributed by atoms with Crippen LogP contribution in [0, 0.1) is 13.7 Å². The van der Waals surface area contributed by atoms with E-state index in [0.717, 1.165) is 3.57 Å². The number of hydrogen-bond acceptors (Lipinski definition) is 3. The van der Waals surface area contributed by atoms with Crippen LogP contribution in [0.15, 0.2) is 42.5 Å². The van der Waals surface area contributed by atoms with Gasteiger partial charge in [0.1, 0.15) is 11.5 Å². The smallest absolute Gasteiger partial charge is 0.270 e. The lowest BCUT2D eigenvalue weighted by molar-refractivity contribution is -0.384. The first kappa shape index (κ1) is 14.1. The molecule has 0 saturated carbocycles. The summed E-state index contributed by atoms with van der Waals surface area (Å²) in [6.45, 7) is 0. The summed E-state index contributed by atoms with van der Waals surface area (Å²) in [6, 6.07) is 11.9. The van der Waals surface area contributed by atoms with E-state index in [9.17, 15) is 10.1 Å². The van der Waals surface area contributed by atoms with Gasteiger partial charge in [0.15, 0.2) is 0 Å². The number of benzene rings is 2. The first-order valence-corrected chi connectivity index (χ1v) is 6.98. The lowest BCUT2D eigenvalue weighted by Crippen LogP contribution is -1.93. The summed E-state index contributed by atoms with van der Waals surface area (Å²) in [5.74, 6) is 1.35. The summed E-state index contributed by atoms with van der Waals surface area (Å²) in [4.78, 5) is 10.2. The Morgan fingerprint density at radius 2 is 1.89 bits per heavy atom. The van der Waals surface area contributed by atoms with Crippen molar-refractivity contribution in [1.82, 2.24) is 0 Å². The second-order valence-electron chi connectivity index (χ2n) is 3.74. The second kappa shape index (κ2) is 6.21. The topological polar surface area (TPSA) is 52.4 Å². The van der Waals surface area contributed by atoms with Crippen molar-refractivity contribution in [2.24, 2.45) is 0 Å². The Morgan fingerprint density at radius 3 is 2.47 bits per heavy atom. The molecule has 0 aliphatic rings.